The third-order valence-electron chi connectivity index (χ3n) is 3.88. The lowest BCUT2D eigenvalue weighted by Gasteiger charge is -2.17. The van der Waals surface area contributed by atoms with E-state index in [1.54, 1.807) is 32.4 Å². The third-order valence-corrected chi connectivity index (χ3v) is 3.88. The van der Waals surface area contributed by atoms with E-state index in [4.69, 9.17) is 9.47 Å². The quantitative estimate of drug-likeness (QED) is 0.494. The van der Waals surface area contributed by atoms with Gasteiger partial charge in [0.15, 0.2) is 5.96 Å². The molecule has 3 N–H and O–H groups in total. The van der Waals surface area contributed by atoms with Crippen LogP contribution < -0.4 is 20.1 Å². The summed E-state index contributed by atoms with van der Waals surface area (Å²) in [4.78, 5) is 4.55. The molecule has 7 heteroatoms. The average Bonchev–Trinajstić information content (AvgIpc) is 3.08. The average molecular weight is 360 g/mol. The Morgan fingerprint density at radius 1 is 1.19 bits per heavy atom. The summed E-state index contributed by atoms with van der Waals surface area (Å²) in [5, 5.41) is 16.9. The van der Waals surface area contributed by atoms with E-state index in [9.17, 15) is 5.11 Å². The number of aromatic nitrogens is 1. The largest absolute Gasteiger partial charge is 0.497 e. The molecule has 0 saturated heterocycles. The molecule has 1 heterocycles. The molecule has 2 rings (SSSR count). The summed E-state index contributed by atoms with van der Waals surface area (Å²) in [5.74, 6) is 1.94. The SMILES string of the molecule is CCNC(=NCc1ccn(C)c1)NCC(O)c1cc(OC)cc(OC)c1. The Labute approximate surface area is 154 Å². The number of hydrogen-bond donors (Lipinski definition) is 3. The van der Waals surface area contributed by atoms with Gasteiger partial charge in [0, 0.05) is 38.6 Å². The highest BCUT2D eigenvalue weighted by Gasteiger charge is 2.12. The fourth-order valence-corrected chi connectivity index (χ4v) is 2.50. The highest BCUT2D eigenvalue weighted by molar-refractivity contribution is 5.79. The monoisotopic (exact) mass is 360 g/mol. The van der Waals surface area contributed by atoms with E-state index in [2.05, 4.69) is 15.6 Å². The van der Waals surface area contributed by atoms with E-state index in [0.29, 0.717) is 36.1 Å². The van der Waals surface area contributed by atoms with Gasteiger partial charge >= 0.3 is 0 Å². The molecule has 7 nitrogen and oxygen atoms in total. The van der Waals surface area contributed by atoms with E-state index in [-0.39, 0.29) is 0 Å². The van der Waals surface area contributed by atoms with Crippen molar-refractivity contribution >= 4 is 5.96 Å². The molecule has 1 atom stereocenters. The van der Waals surface area contributed by atoms with Crippen LogP contribution in [0.3, 0.4) is 0 Å². The van der Waals surface area contributed by atoms with E-state index in [0.717, 1.165) is 12.1 Å². The van der Waals surface area contributed by atoms with Crippen LogP contribution in [0.15, 0.2) is 41.7 Å². The fourth-order valence-electron chi connectivity index (χ4n) is 2.50. The molecule has 0 radical (unpaired) electrons. The maximum absolute atomic E-state index is 10.5. The topological polar surface area (TPSA) is 80.0 Å². The maximum Gasteiger partial charge on any atom is 0.191 e. The summed E-state index contributed by atoms with van der Waals surface area (Å²) in [6.07, 6.45) is 3.30. The van der Waals surface area contributed by atoms with Crippen LogP contribution in [0.5, 0.6) is 11.5 Å². The predicted octanol–water partition coefficient (Wildman–Crippen LogP) is 1.83. The van der Waals surface area contributed by atoms with Gasteiger partial charge in [-0.3, -0.25) is 0 Å². The number of benzene rings is 1. The van der Waals surface area contributed by atoms with Crippen molar-refractivity contribution in [2.75, 3.05) is 27.3 Å². The Morgan fingerprint density at radius 3 is 2.42 bits per heavy atom. The third kappa shape index (κ3) is 5.70. The molecule has 0 bridgehead atoms. The van der Waals surface area contributed by atoms with Crippen molar-refractivity contribution in [3.05, 3.63) is 47.8 Å². The number of nitrogens with one attached hydrogen (secondary N) is 2. The first-order valence-electron chi connectivity index (χ1n) is 8.59. The number of rotatable bonds is 8. The van der Waals surface area contributed by atoms with Gasteiger partial charge in [-0.15, -0.1) is 0 Å². The van der Waals surface area contributed by atoms with Crippen LogP contribution in [-0.4, -0.2) is 42.9 Å². The summed E-state index contributed by atoms with van der Waals surface area (Å²) < 4.78 is 12.5. The molecule has 142 valence electrons. The zero-order valence-electron chi connectivity index (χ0n) is 15.8. The molecular weight excluding hydrogens is 332 g/mol. The van der Waals surface area contributed by atoms with Crippen LogP contribution in [0.25, 0.3) is 0 Å². The van der Waals surface area contributed by atoms with Crippen LogP contribution in [0.1, 0.15) is 24.2 Å². The molecule has 26 heavy (non-hydrogen) atoms. The summed E-state index contributed by atoms with van der Waals surface area (Å²) in [6.45, 7) is 3.63. The van der Waals surface area contributed by atoms with Crippen LogP contribution in [0.2, 0.25) is 0 Å². The smallest absolute Gasteiger partial charge is 0.191 e. The molecule has 1 unspecified atom stereocenters. The van der Waals surface area contributed by atoms with Gasteiger partial charge in [-0.1, -0.05) is 0 Å². The van der Waals surface area contributed by atoms with Crippen molar-refractivity contribution in [2.24, 2.45) is 12.0 Å². The van der Waals surface area contributed by atoms with Gasteiger partial charge in [0.1, 0.15) is 11.5 Å². The highest BCUT2D eigenvalue weighted by Crippen LogP contribution is 2.26. The number of aryl methyl sites for hydroxylation is 1. The van der Waals surface area contributed by atoms with E-state index >= 15 is 0 Å². The minimum atomic E-state index is -0.723. The Kier molecular flexibility index (Phi) is 7.35. The van der Waals surface area contributed by atoms with Gasteiger partial charge in [0.05, 0.1) is 26.9 Å². The van der Waals surface area contributed by atoms with Crippen molar-refractivity contribution in [3.8, 4) is 11.5 Å². The Hall–Kier alpha value is -2.67. The zero-order valence-corrected chi connectivity index (χ0v) is 15.8. The zero-order chi connectivity index (χ0) is 18.9. The number of aliphatic hydroxyl groups excluding tert-OH is 1. The Balaban J connectivity index is 2.01. The molecule has 1 aromatic heterocycles. The van der Waals surface area contributed by atoms with Crippen molar-refractivity contribution in [1.82, 2.24) is 15.2 Å². The summed E-state index contributed by atoms with van der Waals surface area (Å²) >= 11 is 0. The van der Waals surface area contributed by atoms with E-state index in [1.165, 1.54) is 0 Å². The Morgan fingerprint density at radius 2 is 1.88 bits per heavy atom. The van der Waals surface area contributed by atoms with Crippen molar-refractivity contribution in [2.45, 2.75) is 19.6 Å². The van der Waals surface area contributed by atoms with Gasteiger partial charge in [-0.05, 0) is 36.2 Å². The van der Waals surface area contributed by atoms with Crippen molar-refractivity contribution in [1.29, 1.82) is 0 Å². The first-order chi connectivity index (χ1) is 12.5. The molecule has 0 fully saturated rings. The second-order valence-corrected chi connectivity index (χ2v) is 5.92. The first kappa shape index (κ1) is 19.7. The molecule has 0 amide bonds. The van der Waals surface area contributed by atoms with Gasteiger partial charge in [-0.2, -0.15) is 0 Å². The van der Waals surface area contributed by atoms with Gasteiger partial charge < -0.3 is 29.8 Å². The number of methoxy groups -OCH3 is 2. The number of guanidine groups is 1. The highest BCUT2D eigenvalue weighted by atomic mass is 16.5. The second-order valence-electron chi connectivity index (χ2n) is 5.92. The summed E-state index contributed by atoms with van der Waals surface area (Å²) in [5.41, 5.74) is 1.84. The summed E-state index contributed by atoms with van der Waals surface area (Å²) in [7, 11) is 5.15. The van der Waals surface area contributed by atoms with Crippen LogP contribution in [-0.2, 0) is 13.6 Å². The molecule has 0 spiro atoms. The molecule has 0 saturated carbocycles. The lowest BCUT2D eigenvalue weighted by molar-refractivity contribution is 0.180. The lowest BCUT2D eigenvalue weighted by atomic mass is 10.1. The number of hydrogen-bond acceptors (Lipinski definition) is 4. The molecular formula is C19H28N4O3. The number of ether oxygens (including phenoxy) is 2. The second kappa shape index (κ2) is 9.72. The molecule has 0 aliphatic heterocycles. The predicted molar refractivity (Wildman–Crippen MR) is 103 cm³/mol. The van der Waals surface area contributed by atoms with Gasteiger partial charge in [0.25, 0.3) is 0 Å². The normalized spacial score (nSPS) is 12.6. The Bertz CT molecular complexity index is 705. The van der Waals surface area contributed by atoms with E-state index in [1.807, 2.05) is 37.0 Å². The van der Waals surface area contributed by atoms with Gasteiger partial charge in [0.2, 0.25) is 0 Å². The van der Waals surface area contributed by atoms with E-state index < -0.39 is 6.10 Å². The van der Waals surface area contributed by atoms with Crippen LogP contribution in [0.4, 0.5) is 0 Å². The first-order valence-corrected chi connectivity index (χ1v) is 8.59. The number of aliphatic hydroxyl groups is 1. The standard InChI is InChI=1S/C19H28N4O3/c1-5-20-19(21-11-14-6-7-23(2)13-14)22-12-18(24)15-8-16(25-3)10-17(9-15)26-4/h6-10,13,18,24H,5,11-12H2,1-4H3,(H2,20,21,22). The van der Waals surface area contributed by atoms with Crippen molar-refractivity contribution in [3.63, 3.8) is 0 Å². The fraction of sp³-hybridized carbons (Fsp3) is 0.421. The number of aliphatic imine (C=N–C) groups is 1. The van der Waals surface area contributed by atoms with Crippen molar-refractivity contribution < 1.29 is 14.6 Å². The molecule has 1 aromatic carbocycles. The van der Waals surface area contributed by atoms with Crippen LogP contribution in [0, 0.1) is 0 Å². The summed E-state index contributed by atoms with van der Waals surface area (Å²) in [6, 6.07) is 7.39. The molecule has 0 aliphatic carbocycles. The number of nitrogens with zero attached hydrogens (tertiary/aromatic N) is 2. The van der Waals surface area contributed by atoms with Gasteiger partial charge in [-0.25, -0.2) is 4.99 Å². The maximum atomic E-state index is 10.5. The molecule has 2 aromatic rings. The minimum Gasteiger partial charge on any atom is -0.497 e. The van der Waals surface area contributed by atoms with Crippen LogP contribution >= 0.6 is 0 Å². The molecule has 0 aliphatic rings. The lowest BCUT2D eigenvalue weighted by Crippen LogP contribution is -2.39. The minimum absolute atomic E-state index is 0.316.